The number of fused-ring (bicyclic) bond motifs is 4. The summed E-state index contributed by atoms with van der Waals surface area (Å²) in [5.41, 5.74) is 1.57. The summed E-state index contributed by atoms with van der Waals surface area (Å²) in [5, 5.41) is 0.208. The molecule has 5 heterocycles. The second-order valence-corrected chi connectivity index (χ2v) is 7.93. The molecule has 3 aromatic heterocycles. The van der Waals surface area contributed by atoms with E-state index in [4.69, 9.17) is 16.0 Å². The number of carbonyl (C=O) groups is 1. The highest BCUT2D eigenvalue weighted by molar-refractivity contribution is 6.29. The average Bonchev–Trinajstić information content (AvgIpc) is 3.30. The van der Waals surface area contributed by atoms with Crippen molar-refractivity contribution in [1.82, 2.24) is 19.0 Å². The number of imidazole rings is 1. The van der Waals surface area contributed by atoms with E-state index in [0.717, 1.165) is 12.1 Å². The molecule has 0 aliphatic carbocycles. The van der Waals surface area contributed by atoms with Crippen LogP contribution in [0.15, 0.2) is 45.9 Å². The highest BCUT2D eigenvalue weighted by Gasteiger charge is 2.37. The predicted molar refractivity (Wildman–Crippen MR) is 103 cm³/mol. The van der Waals surface area contributed by atoms with Crippen LogP contribution in [0.3, 0.4) is 0 Å². The first-order chi connectivity index (χ1) is 13.5. The Kier molecular flexibility index (Phi) is 3.94. The Morgan fingerprint density at radius 2 is 2.07 bits per heavy atom. The van der Waals surface area contributed by atoms with E-state index in [9.17, 15) is 9.59 Å². The summed E-state index contributed by atoms with van der Waals surface area (Å²) in [4.78, 5) is 32.0. The summed E-state index contributed by atoms with van der Waals surface area (Å²) in [6, 6.07) is 7.04. The molecular formula is C20H19ClN4O3. The Hall–Kier alpha value is -2.80. The Balaban J connectivity index is 1.48. The Morgan fingerprint density at radius 3 is 2.79 bits per heavy atom. The minimum absolute atomic E-state index is 0.0147. The van der Waals surface area contributed by atoms with Crippen molar-refractivity contribution in [3.63, 3.8) is 0 Å². The summed E-state index contributed by atoms with van der Waals surface area (Å²) in [5.74, 6) is 1.14. The number of likely N-dealkylation sites (tertiary alicyclic amines) is 1. The van der Waals surface area contributed by atoms with Crippen molar-refractivity contribution in [2.45, 2.75) is 18.9 Å². The Bertz CT molecular complexity index is 1130. The van der Waals surface area contributed by atoms with E-state index in [1.54, 1.807) is 18.3 Å². The molecule has 0 unspecified atom stereocenters. The molecule has 7 nitrogen and oxygen atoms in total. The zero-order chi connectivity index (χ0) is 19.4. The second kappa shape index (κ2) is 6.38. The fourth-order valence-electron chi connectivity index (χ4n) is 4.49. The van der Waals surface area contributed by atoms with E-state index in [1.807, 2.05) is 39.4 Å². The molecule has 5 rings (SSSR count). The molecule has 1 fully saturated rings. The molecular weight excluding hydrogens is 380 g/mol. The highest BCUT2D eigenvalue weighted by atomic mass is 35.5. The Labute approximate surface area is 166 Å². The molecule has 3 aromatic rings. The molecule has 0 spiro atoms. The molecule has 2 aliphatic heterocycles. The number of carbonyl (C=O) groups excluding carboxylic acids is 1. The number of amides is 1. The number of piperidine rings is 1. The van der Waals surface area contributed by atoms with Gasteiger partial charge >= 0.3 is 0 Å². The molecule has 8 heteroatoms. The van der Waals surface area contributed by atoms with Gasteiger partial charge in [-0.15, -0.1) is 0 Å². The summed E-state index contributed by atoms with van der Waals surface area (Å²) in [6.45, 7) is 1.77. The molecule has 0 aromatic carbocycles. The van der Waals surface area contributed by atoms with Gasteiger partial charge in [-0.1, -0.05) is 0 Å². The van der Waals surface area contributed by atoms with E-state index in [2.05, 4.69) is 4.98 Å². The number of furan rings is 1. The summed E-state index contributed by atoms with van der Waals surface area (Å²) < 4.78 is 9.01. The van der Waals surface area contributed by atoms with Crippen molar-refractivity contribution in [3.05, 3.63) is 63.7 Å². The molecule has 28 heavy (non-hydrogen) atoms. The third-order valence-electron chi connectivity index (χ3n) is 5.74. The van der Waals surface area contributed by atoms with Crippen LogP contribution < -0.4 is 5.56 Å². The maximum Gasteiger partial charge on any atom is 0.289 e. The fourth-order valence-corrected chi connectivity index (χ4v) is 4.64. The smallest absolute Gasteiger partial charge is 0.289 e. The lowest BCUT2D eigenvalue weighted by Crippen LogP contribution is -2.49. The first-order valence-corrected chi connectivity index (χ1v) is 9.65. The van der Waals surface area contributed by atoms with Crippen LogP contribution >= 0.6 is 11.6 Å². The van der Waals surface area contributed by atoms with E-state index >= 15 is 0 Å². The standard InChI is InChI=1S/C20H19ClN4O3/c1-23-7-6-22-18(23)14-2-3-15-13-8-12(10-25(15)19(14)26)9-24(11-13)20(27)16-4-5-17(21)28-16/h2-7,12-13H,8-11H2,1H3/t12-,13+/m0/s1. The lowest BCUT2D eigenvalue weighted by molar-refractivity contribution is 0.0564. The van der Waals surface area contributed by atoms with E-state index in [0.29, 0.717) is 31.0 Å². The first-order valence-electron chi connectivity index (χ1n) is 9.27. The van der Waals surface area contributed by atoms with Crippen molar-refractivity contribution in [2.75, 3.05) is 13.1 Å². The van der Waals surface area contributed by atoms with Gasteiger partial charge in [-0.25, -0.2) is 4.98 Å². The molecule has 0 radical (unpaired) electrons. The van der Waals surface area contributed by atoms with Crippen molar-refractivity contribution in [3.8, 4) is 11.4 Å². The zero-order valence-corrected chi connectivity index (χ0v) is 16.1. The molecule has 1 saturated heterocycles. The minimum atomic E-state index is -0.151. The number of halogens is 1. The first kappa shape index (κ1) is 17.3. The highest BCUT2D eigenvalue weighted by Crippen LogP contribution is 2.36. The van der Waals surface area contributed by atoms with Crippen molar-refractivity contribution < 1.29 is 9.21 Å². The molecule has 2 atom stereocenters. The molecule has 0 saturated carbocycles. The van der Waals surface area contributed by atoms with Crippen LogP contribution in [0.1, 0.15) is 28.6 Å². The van der Waals surface area contributed by atoms with Crippen molar-refractivity contribution in [1.29, 1.82) is 0 Å². The molecule has 1 amide bonds. The van der Waals surface area contributed by atoms with Crippen LogP contribution in [0, 0.1) is 5.92 Å². The quantitative estimate of drug-likeness (QED) is 0.665. The van der Waals surface area contributed by atoms with E-state index in [1.165, 1.54) is 0 Å². The van der Waals surface area contributed by atoms with Gasteiger partial charge in [-0.05, 0) is 48.2 Å². The van der Waals surface area contributed by atoms with Gasteiger partial charge in [0.2, 0.25) is 0 Å². The third-order valence-corrected chi connectivity index (χ3v) is 5.94. The SMILES string of the molecule is Cn1ccnc1-c1ccc2n(c1=O)C[C@H]1C[C@@H]2CN(C(=O)c2ccc(Cl)o2)C1. The van der Waals surface area contributed by atoms with E-state index in [-0.39, 0.29) is 34.3 Å². The number of rotatable bonds is 2. The molecule has 0 N–H and O–H groups in total. The van der Waals surface area contributed by atoms with Gasteiger partial charge in [-0.2, -0.15) is 0 Å². The van der Waals surface area contributed by atoms with Crippen LogP contribution in [-0.2, 0) is 13.6 Å². The topological polar surface area (TPSA) is 73.3 Å². The lowest BCUT2D eigenvalue weighted by atomic mass is 9.83. The van der Waals surface area contributed by atoms with Gasteiger partial charge < -0.3 is 18.5 Å². The number of aromatic nitrogens is 3. The largest absolute Gasteiger partial charge is 0.440 e. The number of hydrogen-bond donors (Lipinski definition) is 0. The third kappa shape index (κ3) is 2.69. The van der Waals surface area contributed by atoms with Crippen LogP contribution in [0.4, 0.5) is 0 Å². The maximum atomic E-state index is 13.1. The van der Waals surface area contributed by atoms with Crippen molar-refractivity contribution >= 4 is 17.5 Å². The number of pyridine rings is 1. The molecule has 2 bridgehead atoms. The van der Waals surface area contributed by atoms with Crippen LogP contribution in [0.2, 0.25) is 5.22 Å². The number of nitrogens with zero attached hydrogens (tertiary/aromatic N) is 4. The summed E-state index contributed by atoms with van der Waals surface area (Å²) in [6.07, 6.45) is 4.50. The number of aryl methyl sites for hydroxylation is 1. The summed E-state index contributed by atoms with van der Waals surface area (Å²) in [7, 11) is 1.88. The van der Waals surface area contributed by atoms with Gasteiger partial charge in [0, 0.05) is 50.7 Å². The van der Waals surface area contributed by atoms with Gasteiger partial charge in [0.15, 0.2) is 11.0 Å². The van der Waals surface area contributed by atoms with Gasteiger partial charge in [0.1, 0.15) is 5.82 Å². The zero-order valence-electron chi connectivity index (χ0n) is 15.3. The normalized spacial score (nSPS) is 20.9. The van der Waals surface area contributed by atoms with Crippen LogP contribution in [0.5, 0.6) is 0 Å². The average molecular weight is 399 g/mol. The minimum Gasteiger partial charge on any atom is -0.440 e. The van der Waals surface area contributed by atoms with Gasteiger partial charge in [0.25, 0.3) is 11.5 Å². The van der Waals surface area contributed by atoms with Crippen LogP contribution in [-0.4, -0.2) is 38.0 Å². The summed E-state index contributed by atoms with van der Waals surface area (Å²) >= 11 is 5.81. The van der Waals surface area contributed by atoms with Gasteiger partial charge in [0.05, 0.1) is 5.56 Å². The molecule has 144 valence electrons. The van der Waals surface area contributed by atoms with E-state index < -0.39 is 0 Å². The van der Waals surface area contributed by atoms with Crippen LogP contribution in [0.25, 0.3) is 11.4 Å². The van der Waals surface area contributed by atoms with Crippen molar-refractivity contribution in [2.24, 2.45) is 13.0 Å². The van der Waals surface area contributed by atoms with Gasteiger partial charge in [-0.3, -0.25) is 9.59 Å². The fraction of sp³-hybridized carbons (Fsp3) is 0.350. The predicted octanol–water partition coefficient (Wildman–Crippen LogP) is 2.75. The maximum absolute atomic E-state index is 13.1. The lowest BCUT2D eigenvalue weighted by Gasteiger charge is -2.42. The monoisotopic (exact) mass is 398 g/mol. The molecule has 2 aliphatic rings. The number of hydrogen-bond acceptors (Lipinski definition) is 4. The Morgan fingerprint density at radius 1 is 1.21 bits per heavy atom. The second-order valence-electron chi connectivity index (χ2n) is 7.56.